The molecule has 0 aliphatic heterocycles. The molecular formula is C28H56O6Si2. The smallest absolute Gasteiger partial charge is 0.173 e. The molecular weight excluding hydrogens is 488 g/mol. The van der Waals surface area contributed by atoms with Crippen LogP contribution < -0.4 is 0 Å². The molecule has 3 saturated carbocycles. The standard InChI is InChI=1S/C28H56O6Si2/c1-20-7-10-23(29)27(17-20)33-28-19-22(8-11-24(28)30)14-16-36(5,6)34-35(3,4)15-13-21-9-12-26(32-2)25(31)18-21/h20-31H,7-19H2,1-6H3. The number of hydrogen-bond donors (Lipinski definition) is 3. The quantitative estimate of drug-likeness (QED) is 0.299. The second-order valence-electron chi connectivity index (χ2n) is 13.7. The van der Waals surface area contributed by atoms with Crippen LogP contribution in [-0.2, 0) is 13.6 Å². The van der Waals surface area contributed by atoms with Gasteiger partial charge in [0, 0.05) is 7.11 Å². The van der Waals surface area contributed by atoms with Gasteiger partial charge in [-0.05, 0) is 114 Å². The molecule has 3 fully saturated rings. The van der Waals surface area contributed by atoms with E-state index in [2.05, 4.69) is 33.1 Å². The molecule has 0 aromatic carbocycles. The number of methoxy groups -OCH3 is 1. The number of aliphatic hydroxyl groups excluding tert-OH is 3. The molecule has 0 heterocycles. The van der Waals surface area contributed by atoms with Crippen LogP contribution in [-0.4, -0.2) is 75.7 Å². The van der Waals surface area contributed by atoms with Crippen molar-refractivity contribution < 1.29 is 28.9 Å². The highest BCUT2D eigenvalue weighted by Gasteiger charge is 2.38. The molecule has 36 heavy (non-hydrogen) atoms. The van der Waals surface area contributed by atoms with Crippen LogP contribution >= 0.6 is 0 Å². The first-order valence-corrected chi connectivity index (χ1v) is 21.0. The summed E-state index contributed by atoms with van der Waals surface area (Å²) in [5, 5.41) is 31.4. The highest BCUT2D eigenvalue weighted by atomic mass is 28.4. The van der Waals surface area contributed by atoms with Gasteiger partial charge in [-0.25, -0.2) is 0 Å². The molecule has 3 N–H and O–H groups in total. The first-order chi connectivity index (χ1) is 16.9. The minimum Gasteiger partial charge on any atom is -0.455 e. The molecule has 0 amide bonds. The maximum atomic E-state index is 10.6. The lowest BCUT2D eigenvalue weighted by atomic mass is 9.82. The van der Waals surface area contributed by atoms with Crippen molar-refractivity contribution in [3.63, 3.8) is 0 Å². The highest BCUT2D eigenvalue weighted by molar-refractivity contribution is 6.84. The molecule has 0 aromatic rings. The van der Waals surface area contributed by atoms with E-state index in [9.17, 15) is 15.3 Å². The first kappa shape index (κ1) is 30.7. The van der Waals surface area contributed by atoms with Gasteiger partial charge in [0.1, 0.15) is 0 Å². The van der Waals surface area contributed by atoms with Crippen LogP contribution in [0.15, 0.2) is 0 Å². The van der Waals surface area contributed by atoms with E-state index in [-0.39, 0.29) is 30.5 Å². The van der Waals surface area contributed by atoms with Crippen molar-refractivity contribution in [1.82, 2.24) is 0 Å². The first-order valence-electron chi connectivity index (χ1n) is 14.8. The largest absolute Gasteiger partial charge is 0.455 e. The van der Waals surface area contributed by atoms with E-state index in [1.54, 1.807) is 7.11 Å². The van der Waals surface area contributed by atoms with Gasteiger partial charge in [0.05, 0.1) is 36.6 Å². The predicted molar refractivity (Wildman–Crippen MR) is 150 cm³/mol. The van der Waals surface area contributed by atoms with E-state index >= 15 is 0 Å². The second-order valence-corrected chi connectivity index (χ2v) is 22.5. The van der Waals surface area contributed by atoms with E-state index in [1.165, 1.54) is 0 Å². The van der Waals surface area contributed by atoms with Gasteiger partial charge in [0.2, 0.25) is 0 Å². The van der Waals surface area contributed by atoms with Gasteiger partial charge in [-0.1, -0.05) is 19.8 Å². The Morgan fingerprint density at radius 1 is 0.639 bits per heavy atom. The molecule has 3 rings (SSSR count). The van der Waals surface area contributed by atoms with Crippen LogP contribution in [0.5, 0.6) is 0 Å². The van der Waals surface area contributed by atoms with E-state index in [1.807, 2.05) is 0 Å². The number of ether oxygens (including phenoxy) is 2. The Kier molecular flexibility index (Phi) is 11.5. The van der Waals surface area contributed by atoms with Crippen LogP contribution in [0, 0.1) is 17.8 Å². The van der Waals surface area contributed by atoms with Crippen molar-refractivity contribution in [2.45, 2.75) is 152 Å². The van der Waals surface area contributed by atoms with Gasteiger partial charge in [-0.15, -0.1) is 0 Å². The minimum absolute atomic E-state index is 0.0105. The molecule has 3 aliphatic rings. The van der Waals surface area contributed by atoms with Gasteiger partial charge >= 0.3 is 0 Å². The maximum Gasteiger partial charge on any atom is 0.173 e. The summed E-state index contributed by atoms with van der Waals surface area (Å²) in [4.78, 5) is 0. The van der Waals surface area contributed by atoms with Crippen LogP contribution in [0.4, 0.5) is 0 Å². The Morgan fingerprint density at radius 3 is 1.75 bits per heavy atom. The zero-order valence-corrected chi connectivity index (χ0v) is 26.0. The normalized spacial score (nSPS) is 38.8. The van der Waals surface area contributed by atoms with Gasteiger partial charge in [0.25, 0.3) is 0 Å². The Labute approximate surface area is 222 Å². The van der Waals surface area contributed by atoms with Gasteiger partial charge in [-0.2, -0.15) is 0 Å². The highest BCUT2D eigenvalue weighted by Crippen LogP contribution is 2.37. The van der Waals surface area contributed by atoms with E-state index in [0.29, 0.717) is 17.8 Å². The summed E-state index contributed by atoms with van der Waals surface area (Å²) < 4.78 is 18.7. The monoisotopic (exact) mass is 544 g/mol. The zero-order valence-electron chi connectivity index (χ0n) is 24.0. The summed E-state index contributed by atoms with van der Waals surface area (Å²) in [6.07, 6.45) is 9.42. The summed E-state index contributed by atoms with van der Waals surface area (Å²) in [5.41, 5.74) is 0. The van der Waals surface area contributed by atoms with Crippen LogP contribution in [0.3, 0.4) is 0 Å². The number of hydrogen-bond acceptors (Lipinski definition) is 6. The Balaban J connectivity index is 1.42. The fourth-order valence-electron chi connectivity index (χ4n) is 6.98. The molecule has 0 saturated heterocycles. The van der Waals surface area contributed by atoms with Crippen molar-refractivity contribution in [3.8, 4) is 0 Å². The average molecular weight is 545 g/mol. The van der Waals surface area contributed by atoms with Crippen molar-refractivity contribution in [2.75, 3.05) is 7.11 Å². The number of aliphatic hydroxyl groups is 3. The molecule has 3 aliphatic carbocycles. The molecule has 0 aromatic heterocycles. The van der Waals surface area contributed by atoms with E-state index < -0.39 is 22.7 Å². The van der Waals surface area contributed by atoms with Gasteiger partial charge in [-0.3, -0.25) is 0 Å². The fourth-order valence-corrected chi connectivity index (χ4v) is 16.0. The van der Waals surface area contributed by atoms with Crippen molar-refractivity contribution in [3.05, 3.63) is 0 Å². The van der Waals surface area contributed by atoms with Gasteiger partial charge < -0.3 is 28.9 Å². The average Bonchev–Trinajstić information content (AvgIpc) is 2.80. The molecule has 9 unspecified atom stereocenters. The van der Waals surface area contributed by atoms with Crippen molar-refractivity contribution >= 4 is 16.6 Å². The summed E-state index contributed by atoms with van der Waals surface area (Å²) >= 11 is 0. The van der Waals surface area contributed by atoms with Crippen molar-refractivity contribution in [2.24, 2.45) is 17.8 Å². The molecule has 9 atom stereocenters. The third-order valence-electron chi connectivity index (χ3n) is 9.26. The Morgan fingerprint density at radius 2 is 1.17 bits per heavy atom. The summed E-state index contributed by atoms with van der Waals surface area (Å²) in [6, 6.07) is 2.31. The molecule has 212 valence electrons. The maximum absolute atomic E-state index is 10.6. The van der Waals surface area contributed by atoms with Crippen LogP contribution in [0.2, 0.25) is 38.3 Å². The lowest BCUT2D eigenvalue weighted by molar-refractivity contribution is -0.150. The van der Waals surface area contributed by atoms with E-state index in [0.717, 1.165) is 82.7 Å². The fraction of sp³-hybridized carbons (Fsp3) is 1.00. The Hall–Kier alpha value is 0.194. The van der Waals surface area contributed by atoms with Crippen molar-refractivity contribution in [1.29, 1.82) is 0 Å². The molecule has 6 nitrogen and oxygen atoms in total. The lowest BCUT2D eigenvalue weighted by Gasteiger charge is -2.40. The minimum atomic E-state index is -1.79. The zero-order chi connectivity index (χ0) is 26.5. The third-order valence-corrected chi connectivity index (χ3v) is 16.7. The summed E-state index contributed by atoms with van der Waals surface area (Å²) in [5.74, 6) is 1.73. The second kappa shape index (κ2) is 13.5. The van der Waals surface area contributed by atoms with Crippen LogP contribution in [0.25, 0.3) is 0 Å². The van der Waals surface area contributed by atoms with E-state index in [4.69, 9.17) is 13.6 Å². The van der Waals surface area contributed by atoms with Crippen LogP contribution in [0.1, 0.15) is 77.6 Å². The lowest BCUT2D eigenvalue weighted by Crippen LogP contribution is -2.46. The molecule has 0 bridgehead atoms. The molecule has 0 radical (unpaired) electrons. The predicted octanol–water partition coefficient (Wildman–Crippen LogP) is 5.47. The van der Waals surface area contributed by atoms with Gasteiger partial charge in [0.15, 0.2) is 16.6 Å². The third kappa shape index (κ3) is 9.43. The topological polar surface area (TPSA) is 88.4 Å². The SMILES string of the molecule is COC1CCC(CC[Si](C)(C)O[Si](C)(C)CCC2CCC(O)C(OC3CC(C)CCC3O)C2)CC1O. The summed E-state index contributed by atoms with van der Waals surface area (Å²) in [6.45, 7) is 11.7. The molecule has 8 heteroatoms. The number of rotatable bonds is 11. The summed E-state index contributed by atoms with van der Waals surface area (Å²) in [7, 11) is -1.86. The Bertz CT molecular complexity index is 662. The molecule has 0 spiro atoms.